The van der Waals surface area contributed by atoms with Crippen LogP contribution in [-0.2, 0) is 0 Å². The summed E-state index contributed by atoms with van der Waals surface area (Å²) in [6.45, 7) is 0. The number of hydrogen-bond donors (Lipinski definition) is 1. The molecule has 1 aliphatic heterocycles. The number of rotatable bonds is 1. The van der Waals surface area contributed by atoms with Crippen LogP contribution < -0.4 is 10.1 Å². The molecule has 3 heteroatoms. The van der Waals surface area contributed by atoms with Gasteiger partial charge >= 0.3 is 0 Å². The van der Waals surface area contributed by atoms with Crippen LogP contribution in [0.1, 0.15) is 12.8 Å². The van der Waals surface area contributed by atoms with E-state index in [0.29, 0.717) is 0 Å². The van der Waals surface area contributed by atoms with Gasteiger partial charge in [0.15, 0.2) is 12.0 Å². The largest absolute Gasteiger partial charge is 0.464 e. The Hall–Kier alpha value is -2.45. The molecule has 1 aliphatic carbocycles. The maximum absolute atomic E-state index is 6.33. The first-order chi connectivity index (χ1) is 11.8. The molecule has 1 unspecified atom stereocenters. The highest BCUT2D eigenvalue weighted by molar-refractivity contribution is 6.32. The molecule has 0 saturated heterocycles. The van der Waals surface area contributed by atoms with Crippen molar-refractivity contribution < 1.29 is 4.74 Å². The number of fused-ring (bicyclic) bond motifs is 5. The highest BCUT2D eigenvalue weighted by atomic mass is 35.5. The summed E-state index contributed by atoms with van der Waals surface area (Å²) < 4.78 is 6.33. The van der Waals surface area contributed by atoms with Gasteiger partial charge in [-0.05, 0) is 47.2 Å². The Labute approximate surface area is 145 Å². The van der Waals surface area contributed by atoms with E-state index in [-0.39, 0.29) is 6.23 Å². The Morgan fingerprint density at radius 2 is 1.83 bits per heavy atom. The lowest BCUT2D eigenvalue weighted by Gasteiger charge is -2.15. The van der Waals surface area contributed by atoms with Crippen molar-refractivity contribution in [1.29, 1.82) is 0 Å². The maximum Gasteiger partial charge on any atom is 0.196 e. The van der Waals surface area contributed by atoms with Crippen molar-refractivity contribution in [3.63, 3.8) is 0 Å². The van der Waals surface area contributed by atoms with Crippen molar-refractivity contribution in [2.24, 2.45) is 0 Å². The van der Waals surface area contributed by atoms with Crippen LogP contribution in [-0.4, -0.2) is 6.23 Å². The first kappa shape index (κ1) is 13.9. The van der Waals surface area contributed by atoms with E-state index in [2.05, 4.69) is 53.9 Å². The third-order valence-electron chi connectivity index (χ3n) is 4.77. The molecule has 3 aromatic rings. The first-order valence-electron chi connectivity index (χ1n) is 8.24. The minimum absolute atomic E-state index is 0.114. The van der Waals surface area contributed by atoms with Crippen LogP contribution in [0.3, 0.4) is 0 Å². The van der Waals surface area contributed by atoms with E-state index >= 15 is 0 Å². The monoisotopic (exact) mass is 333 g/mol. The number of benzene rings is 3. The molecule has 5 rings (SSSR count). The highest BCUT2D eigenvalue weighted by Crippen LogP contribution is 2.44. The molecule has 24 heavy (non-hydrogen) atoms. The summed E-state index contributed by atoms with van der Waals surface area (Å²) in [4.78, 5) is 0. The summed E-state index contributed by atoms with van der Waals surface area (Å²) in [6.07, 6.45) is 8.68. The van der Waals surface area contributed by atoms with Crippen LogP contribution in [0, 0.1) is 0 Å². The Morgan fingerprint density at radius 3 is 2.71 bits per heavy atom. The van der Waals surface area contributed by atoms with Crippen LogP contribution in [0.4, 0.5) is 5.69 Å². The Balaban J connectivity index is 1.71. The van der Waals surface area contributed by atoms with Gasteiger partial charge in [0.1, 0.15) is 0 Å². The number of nitrogens with one attached hydrogen (secondary N) is 1. The second kappa shape index (κ2) is 5.29. The third kappa shape index (κ3) is 2.10. The van der Waals surface area contributed by atoms with Crippen molar-refractivity contribution in [1.82, 2.24) is 0 Å². The van der Waals surface area contributed by atoms with Gasteiger partial charge in [0.2, 0.25) is 0 Å². The van der Waals surface area contributed by atoms with Gasteiger partial charge in [-0.1, -0.05) is 54.1 Å². The lowest BCUT2D eigenvalue weighted by Crippen LogP contribution is -2.22. The zero-order chi connectivity index (χ0) is 16.1. The average molecular weight is 334 g/mol. The van der Waals surface area contributed by atoms with Gasteiger partial charge in [0.25, 0.3) is 0 Å². The van der Waals surface area contributed by atoms with Crippen molar-refractivity contribution in [2.75, 3.05) is 5.32 Å². The maximum atomic E-state index is 6.33. The molecule has 118 valence electrons. The van der Waals surface area contributed by atoms with Crippen molar-refractivity contribution >= 4 is 38.8 Å². The second-order valence-electron chi connectivity index (χ2n) is 6.30. The number of halogens is 1. The van der Waals surface area contributed by atoms with E-state index in [4.69, 9.17) is 16.3 Å². The van der Waals surface area contributed by atoms with Crippen LogP contribution in [0.2, 0.25) is 5.02 Å². The van der Waals surface area contributed by atoms with Crippen LogP contribution >= 0.6 is 11.6 Å². The van der Waals surface area contributed by atoms with Gasteiger partial charge in [-0.3, -0.25) is 0 Å². The molecule has 1 heterocycles. The zero-order valence-corrected chi connectivity index (χ0v) is 13.8. The van der Waals surface area contributed by atoms with Crippen LogP contribution in [0.5, 0.6) is 5.75 Å². The van der Waals surface area contributed by atoms with E-state index < -0.39 is 0 Å². The molecule has 0 radical (unpaired) electrons. The lowest BCUT2D eigenvalue weighted by molar-refractivity contribution is 0.296. The molecule has 0 fully saturated rings. The molecule has 1 atom stereocenters. The predicted molar refractivity (Wildman–Crippen MR) is 101 cm³/mol. The summed E-state index contributed by atoms with van der Waals surface area (Å²) in [5.74, 6) is 0.922. The van der Waals surface area contributed by atoms with E-state index in [1.165, 1.54) is 16.3 Å². The fourth-order valence-corrected chi connectivity index (χ4v) is 3.76. The standard InChI is InChI=1S/C21H16ClNO/c22-16-10-8-13-6-7-14-9-11-18-20(19(14)17(13)12-16)24-21(23-18)15-4-2-1-3-5-15/h2,4-12,21,23H,1,3H2. The van der Waals surface area contributed by atoms with Gasteiger partial charge in [-0.2, -0.15) is 0 Å². The van der Waals surface area contributed by atoms with Crippen molar-refractivity contribution in [2.45, 2.75) is 19.1 Å². The summed E-state index contributed by atoms with van der Waals surface area (Å²) in [7, 11) is 0. The number of hydrogen-bond acceptors (Lipinski definition) is 2. The fourth-order valence-electron chi connectivity index (χ4n) is 3.59. The molecule has 0 amide bonds. The Kier molecular flexibility index (Phi) is 3.07. The van der Waals surface area contributed by atoms with Gasteiger partial charge in [0, 0.05) is 16.0 Å². The van der Waals surface area contributed by atoms with Crippen LogP contribution in [0.15, 0.2) is 66.3 Å². The minimum Gasteiger partial charge on any atom is -0.464 e. The zero-order valence-electron chi connectivity index (χ0n) is 13.1. The normalized spacial score (nSPS) is 19.0. The lowest BCUT2D eigenvalue weighted by atomic mass is 10.0. The molecule has 2 nitrogen and oxygen atoms in total. The second-order valence-corrected chi connectivity index (χ2v) is 6.73. The summed E-state index contributed by atoms with van der Waals surface area (Å²) in [6, 6.07) is 14.5. The van der Waals surface area contributed by atoms with E-state index in [0.717, 1.165) is 40.1 Å². The predicted octanol–water partition coefficient (Wildman–Crippen LogP) is 6.05. The molecule has 0 spiro atoms. The summed E-state index contributed by atoms with van der Waals surface area (Å²) >= 11 is 6.25. The molecular formula is C21H16ClNO. The molecular weight excluding hydrogens is 318 g/mol. The minimum atomic E-state index is -0.114. The smallest absolute Gasteiger partial charge is 0.196 e. The number of allylic oxidation sites excluding steroid dienone is 2. The summed E-state index contributed by atoms with van der Waals surface area (Å²) in [5.41, 5.74) is 2.24. The molecule has 0 bridgehead atoms. The SMILES string of the molecule is Clc1ccc2ccc3ccc4c(c3c2c1)OC(C1=CCCC=C1)N4. The molecule has 1 N–H and O–H groups in total. The van der Waals surface area contributed by atoms with E-state index in [1.54, 1.807) is 0 Å². The molecule has 2 aliphatic rings. The van der Waals surface area contributed by atoms with Crippen molar-refractivity contribution in [3.8, 4) is 5.75 Å². The molecule has 3 aromatic carbocycles. The third-order valence-corrected chi connectivity index (χ3v) is 5.00. The number of ether oxygens (including phenoxy) is 1. The Morgan fingerprint density at radius 1 is 1.00 bits per heavy atom. The first-order valence-corrected chi connectivity index (χ1v) is 8.62. The van der Waals surface area contributed by atoms with Gasteiger partial charge in [-0.25, -0.2) is 0 Å². The quantitative estimate of drug-likeness (QED) is 0.547. The van der Waals surface area contributed by atoms with E-state index in [9.17, 15) is 0 Å². The topological polar surface area (TPSA) is 21.3 Å². The fraction of sp³-hybridized carbons (Fsp3) is 0.143. The Bertz CT molecular complexity index is 1030. The molecule has 0 saturated carbocycles. The van der Waals surface area contributed by atoms with E-state index in [1.807, 2.05) is 12.1 Å². The number of anilines is 1. The molecule has 0 aromatic heterocycles. The van der Waals surface area contributed by atoms with Gasteiger partial charge in [0.05, 0.1) is 5.69 Å². The highest BCUT2D eigenvalue weighted by Gasteiger charge is 2.27. The average Bonchev–Trinajstić information content (AvgIpc) is 3.06. The summed E-state index contributed by atoms with van der Waals surface area (Å²) in [5, 5.41) is 8.84. The van der Waals surface area contributed by atoms with Gasteiger partial charge < -0.3 is 10.1 Å². The van der Waals surface area contributed by atoms with Crippen LogP contribution in [0.25, 0.3) is 21.5 Å². The van der Waals surface area contributed by atoms with Crippen molar-refractivity contribution in [3.05, 3.63) is 71.3 Å². The van der Waals surface area contributed by atoms with Gasteiger partial charge in [-0.15, -0.1) is 0 Å².